The summed E-state index contributed by atoms with van der Waals surface area (Å²) >= 11 is 3.37. The molecule has 2 heterocycles. The number of hydrogen-bond acceptors (Lipinski definition) is 5. The number of guanidine groups is 1. The third-order valence-corrected chi connectivity index (χ3v) is 4.45. The Kier molecular flexibility index (Phi) is 4.18. The van der Waals surface area contributed by atoms with Crippen molar-refractivity contribution in [1.29, 1.82) is 0 Å². The third-order valence-electron chi connectivity index (χ3n) is 3.92. The Balaban J connectivity index is 1.80. The van der Waals surface area contributed by atoms with Crippen molar-refractivity contribution in [2.24, 2.45) is 10.1 Å². The summed E-state index contributed by atoms with van der Waals surface area (Å²) in [6, 6.07) is 6.63. The number of hydrogen-bond donors (Lipinski definition) is 1. The highest BCUT2D eigenvalue weighted by molar-refractivity contribution is 9.10. The average Bonchev–Trinajstić information content (AvgIpc) is 2.90. The van der Waals surface area contributed by atoms with Gasteiger partial charge in [0.2, 0.25) is 11.9 Å². The number of urea groups is 1. The topological polar surface area (TPSA) is 80.4 Å². The zero-order valence-electron chi connectivity index (χ0n) is 13.4. The number of aliphatic imine (C=N–C) groups is 1. The molecule has 3 rings (SSSR count). The quantitative estimate of drug-likeness (QED) is 0.457. The molecule has 1 atom stereocenters. The Bertz CT molecular complexity index is 799. The van der Waals surface area contributed by atoms with Crippen molar-refractivity contribution in [3.05, 3.63) is 34.3 Å². The first-order chi connectivity index (χ1) is 11.4. The van der Waals surface area contributed by atoms with Gasteiger partial charge in [-0.3, -0.25) is 14.6 Å². The van der Waals surface area contributed by atoms with E-state index in [1.54, 1.807) is 24.9 Å². The monoisotopic (exact) mass is 391 g/mol. The fraction of sp³-hybridized carbons (Fsp3) is 0.267. The van der Waals surface area contributed by atoms with E-state index in [1.165, 1.54) is 11.9 Å². The molecule has 9 heteroatoms. The maximum atomic E-state index is 12.3. The van der Waals surface area contributed by atoms with Crippen LogP contribution in [0.25, 0.3) is 0 Å². The smallest absolute Gasteiger partial charge is 0.270 e. The van der Waals surface area contributed by atoms with Crippen LogP contribution in [0.15, 0.2) is 38.8 Å². The van der Waals surface area contributed by atoms with Crippen molar-refractivity contribution in [3.8, 4) is 0 Å². The highest BCUT2D eigenvalue weighted by atomic mass is 79.9. The minimum absolute atomic E-state index is 0.312. The molecule has 0 bridgehead atoms. The highest BCUT2D eigenvalue weighted by Crippen LogP contribution is 2.17. The number of likely N-dealkylation sites (N-methyl/N-ethyl adjacent to an activating group) is 3. The van der Waals surface area contributed by atoms with Crippen molar-refractivity contribution in [2.75, 3.05) is 21.1 Å². The van der Waals surface area contributed by atoms with Gasteiger partial charge in [-0.1, -0.05) is 33.1 Å². The van der Waals surface area contributed by atoms with Gasteiger partial charge in [-0.05, 0) is 17.7 Å². The van der Waals surface area contributed by atoms with E-state index in [0.717, 1.165) is 14.9 Å². The van der Waals surface area contributed by atoms with Crippen LogP contribution >= 0.6 is 15.9 Å². The molecule has 1 saturated heterocycles. The number of fused-ring (bicyclic) bond motifs is 1. The van der Waals surface area contributed by atoms with Crippen LogP contribution in [0, 0.1) is 0 Å². The average molecular weight is 392 g/mol. The molecular formula is C15H16BrN6O2+. The van der Waals surface area contributed by atoms with Gasteiger partial charge in [0.25, 0.3) is 5.91 Å². The van der Waals surface area contributed by atoms with Gasteiger partial charge < -0.3 is 0 Å². The number of halogens is 1. The number of nitrogens with zero attached hydrogens (tertiary/aromatic N) is 5. The second-order valence-electron chi connectivity index (χ2n) is 5.47. The maximum Gasteiger partial charge on any atom is 0.413 e. The van der Waals surface area contributed by atoms with Crippen LogP contribution in [0.2, 0.25) is 0 Å². The third kappa shape index (κ3) is 2.71. The van der Waals surface area contributed by atoms with Crippen molar-refractivity contribution in [3.63, 3.8) is 0 Å². The Morgan fingerprint density at radius 3 is 2.58 bits per heavy atom. The van der Waals surface area contributed by atoms with Gasteiger partial charge in [0.15, 0.2) is 0 Å². The molecule has 3 amide bonds. The summed E-state index contributed by atoms with van der Waals surface area (Å²) in [5.74, 6) is 0.492. The van der Waals surface area contributed by atoms with Crippen LogP contribution in [0.1, 0.15) is 5.56 Å². The summed E-state index contributed by atoms with van der Waals surface area (Å²) in [6.07, 6.45) is 1.65. The van der Waals surface area contributed by atoms with Crippen molar-refractivity contribution >= 4 is 45.9 Å². The second kappa shape index (κ2) is 6.16. The molecule has 0 spiro atoms. The summed E-state index contributed by atoms with van der Waals surface area (Å²) in [6.45, 7) is 0. The van der Waals surface area contributed by atoms with Crippen LogP contribution in [0.4, 0.5) is 4.79 Å². The normalized spacial score (nSPS) is 20.8. The Morgan fingerprint density at radius 2 is 1.92 bits per heavy atom. The first-order valence-corrected chi connectivity index (χ1v) is 7.97. The fourth-order valence-electron chi connectivity index (χ4n) is 2.50. The summed E-state index contributed by atoms with van der Waals surface area (Å²) in [4.78, 5) is 31.1. The summed E-state index contributed by atoms with van der Waals surface area (Å²) < 4.78 is 2.65. The van der Waals surface area contributed by atoms with E-state index in [9.17, 15) is 9.59 Å². The molecule has 0 aliphatic carbocycles. The molecule has 0 aromatic heterocycles. The second-order valence-corrected chi connectivity index (χ2v) is 6.38. The number of amidine groups is 1. The molecule has 2 aliphatic rings. The minimum atomic E-state index is -0.622. The van der Waals surface area contributed by atoms with E-state index in [-0.39, 0.29) is 5.91 Å². The van der Waals surface area contributed by atoms with E-state index in [2.05, 4.69) is 31.4 Å². The highest BCUT2D eigenvalue weighted by Gasteiger charge is 2.50. The van der Waals surface area contributed by atoms with E-state index in [4.69, 9.17) is 0 Å². The lowest BCUT2D eigenvalue weighted by Crippen LogP contribution is -2.61. The molecule has 24 heavy (non-hydrogen) atoms. The van der Waals surface area contributed by atoms with Gasteiger partial charge in [-0.15, -0.1) is 5.10 Å². The van der Waals surface area contributed by atoms with E-state index >= 15 is 0 Å². The SMILES string of the molecule is CN1C(=O)C2C(=NC(N/N=C/c3ccc(Br)cc3)=[N+]2C)N(C)C1=O. The van der Waals surface area contributed by atoms with Gasteiger partial charge in [-0.25, -0.2) is 9.37 Å². The Hall–Kier alpha value is -2.55. The van der Waals surface area contributed by atoms with Gasteiger partial charge in [0.1, 0.15) is 0 Å². The molecule has 1 fully saturated rings. The lowest BCUT2D eigenvalue weighted by atomic mass is 10.2. The van der Waals surface area contributed by atoms with Crippen molar-refractivity contribution in [1.82, 2.24) is 15.2 Å². The summed E-state index contributed by atoms with van der Waals surface area (Å²) in [5.41, 5.74) is 3.74. The predicted octanol–water partition coefficient (Wildman–Crippen LogP) is 0.675. The zero-order valence-corrected chi connectivity index (χ0v) is 15.0. The fourth-order valence-corrected chi connectivity index (χ4v) is 2.76. The number of carbonyl (C=O) groups excluding carboxylic acids is 2. The molecule has 0 saturated carbocycles. The van der Waals surface area contributed by atoms with E-state index < -0.39 is 12.1 Å². The minimum Gasteiger partial charge on any atom is -0.270 e. The Labute approximate surface area is 147 Å². The van der Waals surface area contributed by atoms with E-state index in [0.29, 0.717) is 11.8 Å². The maximum absolute atomic E-state index is 12.3. The van der Waals surface area contributed by atoms with Crippen LogP contribution in [0.5, 0.6) is 0 Å². The van der Waals surface area contributed by atoms with Crippen LogP contribution in [-0.2, 0) is 4.79 Å². The molecule has 1 aromatic rings. The molecule has 0 radical (unpaired) electrons. The lowest BCUT2D eigenvalue weighted by Gasteiger charge is -2.31. The van der Waals surface area contributed by atoms with Gasteiger partial charge in [0, 0.05) is 18.6 Å². The van der Waals surface area contributed by atoms with Crippen molar-refractivity contribution < 1.29 is 14.2 Å². The molecule has 1 unspecified atom stereocenters. The number of nitrogens with one attached hydrogen (secondary N) is 1. The van der Waals surface area contributed by atoms with Crippen molar-refractivity contribution in [2.45, 2.75) is 6.04 Å². The number of benzene rings is 1. The molecule has 8 nitrogen and oxygen atoms in total. The first kappa shape index (κ1) is 16.3. The van der Waals surface area contributed by atoms with Gasteiger partial charge in [0.05, 0.1) is 13.3 Å². The molecule has 1 aromatic carbocycles. The number of amides is 3. The Morgan fingerprint density at radius 1 is 1.25 bits per heavy atom. The number of hydrazone groups is 1. The first-order valence-electron chi connectivity index (χ1n) is 7.18. The standard InChI is InChI=1S/C15H15BrN6O2/c1-20-11-12(21(2)15(24)22(3)13(11)23)18-14(20)19-17-8-9-4-6-10(16)7-5-9/h4-8,11H,1-3H3/p+1/b17-8+. The number of imide groups is 1. The molecule has 124 valence electrons. The van der Waals surface area contributed by atoms with Crippen LogP contribution in [0.3, 0.4) is 0 Å². The van der Waals surface area contributed by atoms with Gasteiger partial charge in [-0.2, -0.15) is 5.43 Å². The summed E-state index contributed by atoms with van der Waals surface area (Å²) in [5, 5.41) is 4.15. The van der Waals surface area contributed by atoms with Gasteiger partial charge >= 0.3 is 12.0 Å². The molecule has 2 aliphatic heterocycles. The lowest BCUT2D eigenvalue weighted by molar-refractivity contribution is -0.507. The predicted molar refractivity (Wildman–Crippen MR) is 93.2 cm³/mol. The molecular weight excluding hydrogens is 376 g/mol. The zero-order chi connectivity index (χ0) is 17.4. The largest absolute Gasteiger partial charge is 0.413 e. The number of carbonyl (C=O) groups is 2. The summed E-state index contributed by atoms with van der Waals surface area (Å²) in [7, 11) is 4.79. The van der Waals surface area contributed by atoms with Crippen LogP contribution in [-0.4, -0.2) is 71.5 Å². The number of rotatable bonds is 2. The molecule has 1 N–H and O–H groups in total. The van der Waals surface area contributed by atoms with Crippen LogP contribution < -0.4 is 5.43 Å². The van der Waals surface area contributed by atoms with E-state index in [1.807, 2.05) is 24.3 Å².